The first kappa shape index (κ1) is 20.0. The van der Waals surface area contributed by atoms with Crippen molar-refractivity contribution in [2.24, 2.45) is 0 Å². The molecule has 1 N–H and O–H groups in total. The Hall–Kier alpha value is -1.34. The number of imide groups is 1. The zero-order valence-corrected chi connectivity index (χ0v) is 15.9. The third kappa shape index (κ3) is 3.49. The third-order valence-corrected chi connectivity index (χ3v) is 6.03. The van der Waals surface area contributed by atoms with Crippen LogP contribution in [-0.2, 0) is 9.59 Å². The molecule has 142 valence electrons. The van der Waals surface area contributed by atoms with E-state index in [2.05, 4.69) is 5.32 Å². The van der Waals surface area contributed by atoms with E-state index in [4.69, 9.17) is 0 Å². The number of rotatable bonds is 3. The molecule has 7 nitrogen and oxygen atoms in total. The lowest BCUT2D eigenvalue weighted by Gasteiger charge is -2.36. The van der Waals surface area contributed by atoms with Crippen LogP contribution in [0, 0.1) is 0 Å². The van der Waals surface area contributed by atoms with Crippen molar-refractivity contribution in [2.45, 2.75) is 56.5 Å². The molecule has 0 unspecified atom stereocenters. The van der Waals surface area contributed by atoms with E-state index in [1.54, 1.807) is 16.8 Å². The average Bonchev–Trinajstić information content (AvgIpc) is 2.79. The van der Waals surface area contributed by atoms with Gasteiger partial charge in [0.1, 0.15) is 12.1 Å². The van der Waals surface area contributed by atoms with Gasteiger partial charge in [0, 0.05) is 26.2 Å². The Balaban J connectivity index is 0.00000225. The minimum absolute atomic E-state index is 0. The largest absolute Gasteiger partial charge is 0.341 e. The maximum Gasteiger partial charge on any atom is 0.327 e. The lowest BCUT2D eigenvalue weighted by atomic mass is 9.81. The molecule has 3 fully saturated rings. The molecule has 0 aromatic rings. The first-order valence-corrected chi connectivity index (χ1v) is 9.04. The summed E-state index contributed by atoms with van der Waals surface area (Å²) in [6.07, 6.45) is 6.28. The Morgan fingerprint density at radius 3 is 2.32 bits per heavy atom. The predicted molar refractivity (Wildman–Crippen MR) is 96.6 cm³/mol. The van der Waals surface area contributed by atoms with Gasteiger partial charge in [-0.2, -0.15) is 0 Å². The predicted octanol–water partition coefficient (Wildman–Crippen LogP) is 1.22. The number of halogens is 1. The molecule has 8 heteroatoms. The Morgan fingerprint density at radius 1 is 1.16 bits per heavy atom. The van der Waals surface area contributed by atoms with Crippen LogP contribution in [-0.4, -0.2) is 77.9 Å². The molecule has 2 aliphatic heterocycles. The highest BCUT2D eigenvalue weighted by Gasteiger charge is 2.56. The standard InChI is InChI=1S/C17H28N4O3.ClH/c1-18-13-6-10-20(11-7-13)14(22)12-21-15(23)17(19(2)16(21)24)8-4-3-5-9-17;/h13,18H,3-12H2,1-2H3;1H. The highest BCUT2D eigenvalue weighted by atomic mass is 35.5. The fraction of sp³-hybridized carbons (Fsp3) is 0.824. The van der Waals surface area contributed by atoms with Crippen LogP contribution in [0.4, 0.5) is 4.79 Å². The van der Waals surface area contributed by atoms with Gasteiger partial charge in [0.25, 0.3) is 5.91 Å². The molecule has 3 rings (SSSR count). The lowest BCUT2D eigenvalue weighted by molar-refractivity contribution is -0.141. The number of hydrogen-bond acceptors (Lipinski definition) is 4. The van der Waals surface area contributed by atoms with Crippen LogP contribution in [0.25, 0.3) is 0 Å². The number of hydrogen-bond donors (Lipinski definition) is 1. The van der Waals surface area contributed by atoms with Gasteiger partial charge in [0.15, 0.2) is 0 Å². The van der Waals surface area contributed by atoms with Crippen LogP contribution in [0.3, 0.4) is 0 Å². The number of urea groups is 1. The second-order valence-electron chi connectivity index (χ2n) is 7.27. The molecular formula is C17H29ClN4O3. The second kappa shape index (κ2) is 7.91. The number of likely N-dealkylation sites (N-methyl/N-ethyl adjacent to an activating group) is 1. The van der Waals surface area contributed by atoms with E-state index in [0.717, 1.165) is 32.1 Å². The number of nitrogens with one attached hydrogen (secondary N) is 1. The topological polar surface area (TPSA) is 73.0 Å². The van der Waals surface area contributed by atoms with E-state index in [1.165, 1.54) is 4.90 Å². The van der Waals surface area contributed by atoms with Gasteiger partial charge >= 0.3 is 6.03 Å². The number of amides is 4. The van der Waals surface area contributed by atoms with Gasteiger partial charge in [-0.3, -0.25) is 14.5 Å². The highest BCUT2D eigenvalue weighted by Crippen LogP contribution is 2.39. The molecule has 25 heavy (non-hydrogen) atoms. The molecule has 4 amide bonds. The highest BCUT2D eigenvalue weighted by molar-refractivity contribution is 6.08. The van der Waals surface area contributed by atoms with Crippen molar-refractivity contribution in [1.82, 2.24) is 20.0 Å². The van der Waals surface area contributed by atoms with Crippen LogP contribution in [0.2, 0.25) is 0 Å². The molecule has 1 spiro atoms. The van der Waals surface area contributed by atoms with E-state index in [1.807, 2.05) is 7.05 Å². The van der Waals surface area contributed by atoms with Crippen molar-refractivity contribution in [3.05, 3.63) is 0 Å². The van der Waals surface area contributed by atoms with Gasteiger partial charge in [0.2, 0.25) is 5.91 Å². The van der Waals surface area contributed by atoms with E-state index < -0.39 is 5.54 Å². The fourth-order valence-corrected chi connectivity index (χ4v) is 4.32. The van der Waals surface area contributed by atoms with E-state index >= 15 is 0 Å². The normalized spacial score (nSPS) is 24.0. The average molecular weight is 373 g/mol. The Morgan fingerprint density at radius 2 is 1.76 bits per heavy atom. The van der Waals surface area contributed by atoms with Crippen molar-refractivity contribution in [3.63, 3.8) is 0 Å². The van der Waals surface area contributed by atoms with Crippen LogP contribution >= 0.6 is 12.4 Å². The van der Waals surface area contributed by atoms with Crippen LogP contribution in [0.1, 0.15) is 44.9 Å². The molecule has 1 aliphatic carbocycles. The molecule has 2 saturated heterocycles. The molecule has 0 aromatic heterocycles. The van der Waals surface area contributed by atoms with Crippen LogP contribution in [0.15, 0.2) is 0 Å². The molecule has 0 atom stereocenters. The Kier molecular flexibility index (Phi) is 6.32. The summed E-state index contributed by atoms with van der Waals surface area (Å²) in [6, 6.07) is 0.126. The summed E-state index contributed by atoms with van der Waals surface area (Å²) in [5.74, 6) is -0.291. The van der Waals surface area contributed by atoms with E-state index in [-0.39, 0.29) is 36.8 Å². The van der Waals surface area contributed by atoms with Gasteiger partial charge in [-0.1, -0.05) is 19.3 Å². The van der Waals surface area contributed by atoms with Gasteiger partial charge < -0.3 is 15.1 Å². The van der Waals surface area contributed by atoms with E-state index in [0.29, 0.717) is 32.0 Å². The monoisotopic (exact) mass is 372 g/mol. The third-order valence-electron chi connectivity index (χ3n) is 6.03. The Labute approximate surface area is 155 Å². The van der Waals surface area contributed by atoms with Crippen LogP contribution in [0.5, 0.6) is 0 Å². The first-order valence-electron chi connectivity index (χ1n) is 9.04. The smallest absolute Gasteiger partial charge is 0.327 e. The van der Waals surface area contributed by atoms with Gasteiger partial charge in [0.05, 0.1) is 0 Å². The minimum atomic E-state index is -0.700. The second-order valence-corrected chi connectivity index (χ2v) is 7.27. The Bertz CT molecular complexity index is 528. The zero-order chi connectivity index (χ0) is 17.3. The van der Waals surface area contributed by atoms with Gasteiger partial charge in [-0.25, -0.2) is 4.79 Å². The van der Waals surface area contributed by atoms with Gasteiger partial charge in [-0.05, 0) is 32.7 Å². The van der Waals surface area contributed by atoms with Crippen molar-refractivity contribution < 1.29 is 14.4 Å². The summed E-state index contributed by atoms with van der Waals surface area (Å²) < 4.78 is 0. The SMILES string of the molecule is CNC1CCN(C(=O)CN2C(=O)N(C)C3(CCCCC3)C2=O)CC1.Cl. The van der Waals surface area contributed by atoms with E-state index in [9.17, 15) is 14.4 Å². The molecule has 0 aromatic carbocycles. The van der Waals surface area contributed by atoms with Crippen molar-refractivity contribution in [3.8, 4) is 0 Å². The summed E-state index contributed by atoms with van der Waals surface area (Å²) in [7, 11) is 3.64. The van der Waals surface area contributed by atoms with Crippen LogP contribution < -0.4 is 5.32 Å². The summed E-state index contributed by atoms with van der Waals surface area (Å²) in [4.78, 5) is 42.6. The fourth-order valence-electron chi connectivity index (χ4n) is 4.32. The zero-order valence-electron chi connectivity index (χ0n) is 15.1. The molecular weight excluding hydrogens is 344 g/mol. The summed E-state index contributed by atoms with van der Waals surface area (Å²) in [6.45, 7) is 1.25. The summed E-state index contributed by atoms with van der Waals surface area (Å²) in [5.41, 5.74) is -0.700. The molecule has 3 aliphatic rings. The summed E-state index contributed by atoms with van der Waals surface area (Å²) in [5, 5.41) is 3.23. The number of carbonyl (C=O) groups is 3. The molecule has 1 saturated carbocycles. The van der Waals surface area contributed by atoms with Crippen molar-refractivity contribution >= 4 is 30.3 Å². The first-order chi connectivity index (χ1) is 11.5. The quantitative estimate of drug-likeness (QED) is 0.756. The van der Waals surface area contributed by atoms with Crippen molar-refractivity contribution in [2.75, 3.05) is 33.7 Å². The van der Waals surface area contributed by atoms with Crippen molar-refractivity contribution in [1.29, 1.82) is 0 Å². The maximum atomic E-state index is 12.9. The molecule has 0 bridgehead atoms. The number of carbonyl (C=O) groups excluding carboxylic acids is 3. The number of likely N-dealkylation sites (tertiary alicyclic amines) is 1. The molecule has 0 radical (unpaired) electrons. The number of nitrogens with zero attached hydrogens (tertiary/aromatic N) is 3. The number of piperidine rings is 1. The molecule has 2 heterocycles. The lowest BCUT2D eigenvalue weighted by Crippen LogP contribution is -2.50. The summed E-state index contributed by atoms with van der Waals surface area (Å²) >= 11 is 0. The minimum Gasteiger partial charge on any atom is -0.341 e. The van der Waals surface area contributed by atoms with Gasteiger partial charge in [-0.15, -0.1) is 12.4 Å². The maximum absolute atomic E-state index is 12.9.